The van der Waals surface area contributed by atoms with Crippen molar-refractivity contribution in [3.8, 4) is 0 Å². The maximum atomic E-state index is 10.6. The standard InChI is InChI=1S/C23H30ClN3O3/c1-23(2,3)17-4-6-18(7-5-17)26-22(30)27-10-8-15(9-11-27)21-19(24)12-16(13-25-21)20(29)14-28/h4-8,12-13,20,22,26,28-30H,9-11,14H2,1-3H3. The number of aromatic nitrogens is 1. The van der Waals surface area contributed by atoms with Crippen molar-refractivity contribution in [3.05, 3.63) is 64.4 Å². The highest BCUT2D eigenvalue weighted by atomic mass is 35.5. The smallest absolute Gasteiger partial charge is 0.184 e. The lowest BCUT2D eigenvalue weighted by Crippen LogP contribution is -2.43. The number of rotatable bonds is 6. The molecule has 6 nitrogen and oxygen atoms in total. The van der Waals surface area contributed by atoms with E-state index in [0.29, 0.717) is 35.8 Å². The van der Waals surface area contributed by atoms with Crippen molar-refractivity contribution in [2.45, 2.75) is 45.1 Å². The third-order valence-electron chi connectivity index (χ3n) is 5.36. The Kier molecular flexibility index (Phi) is 7.16. The molecule has 2 heterocycles. The van der Waals surface area contributed by atoms with Gasteiger partial charge in [0.25, 0.3) is 0 Å². The Hall–Kier alpha value is -1.96. The Morgan fingerprint density at radius 2 is 1.90 bits per heavy atom. The second-order valence-corrected chi connectivity index (χ2v) is 9.02. The summed E-state index contributed by atoms with van der Waals surface area (Å²) in [5.74, 6) is 0. The van der Waals surface area contributed by atoms with Crippen LogP contribution in [0.3, 0.4) is 0 Å². The highest BCUT2D eigenvalue weighted by molar-refractivity contribution is 6.32. The third-order valence-corrected chi connectivity index (χ3v) is 5.65. The predicted octanol–water partition coefficient (Wildman–Crippen LogP) is 3.54. The zero-order valence-electron chi connectivity index (χ0n) is 17.6. The second kappa shape index (κ2) is 9.45. The van der Waals surface area contributed by atoms with Gasteiger partial charge in [-0.25, -0.2) is 0 Å². The Morgan fingerprint density at radius 3 is 2.43 bits per heavy atom. The first-order chi connectivity index (χ1) is 14.2. The highest BCUT2D eigenvalue weighted by Gasteiger charge is 2.22. The van der Waals surface area contributed by atoms with Crippen molar-refractivity contribution < 1.29 is 15.3 Å². The van der Waals surface area contributed by atoms with E-state index in [-0.39, 0.29) is 12.0 Å². The van der Waals surface area contributed by atoms with E-state index in [1.807, 2.05) is 23.1 Å². The first kappa shape index (κ1) is 22.7. The summed E-state index contributed by atoms with van der Waals surface area (Å²) in [6.07, 6.45) is 2.45. The molecule has 1 aliphatic heterocycles. The quantitative estimate of drug-likeness (QED) is 0.523. The van der Waals surface area contributed by atoms with Crippen LogP contribution in [-0.2, 0) is 5.41 Å². The number of nitrogens with zero attached hydrogens (tertiary/aromatic N) is 2. The minimum absolute atomic E-state index is 0.0922. The molecule has 2 atom stereocenters. The fraction of sp³-hybridized carbons (Fsp3) is 0.435. The maximum absolute atomic E-state index is 10.6. The minimum atomic E-state index is -0.987. The molecule has 4 N–H and O–H groups in total. The van der Waals surface area contributed by atoms with Crippen molar-refractivity contribution in [1.29, 1.82) is 0 Å². The Morgan fingerprint density at radius 1 is 1.20 bits per heavy atom. The van der Waals surface area contributed by atoms with Crippen LogP contribution < -0.4 is 5.32 Å². The molecule has 0 bridgehead atoms. The number of nitrogens with one attached hydrogen (secondary N) is 1. The molecule has 0 saturated carbocycles. The Bertz CT molecular complexity index is 894. The normalized spacial score (nSPS) is 17.4. The molecule has 0 radical (unpaired) electrons. The SMILES string of the molecule is CC(C)(C)c1ccc(NC(O)N2CC=C(c3ncc(C(O)CO)cc3Cl)CC2)cc1. The predicted molar refractivity (Wildman–Crippen MR) is 120 cm³/mol. The molecule has 0 spiro atoms. The fourth-order valence-corrected chi connectivity index (χ4v) is 3.70. The molecule has 2 aromatic rings. The zero-order chi connectivity index (χ0) is 21.9. The van der Waals surface area contributed by atoms with Crippen LogP contribution in [0.1, 0.15) is 50.1 Å². The van der Waals surface area contributed by atoms with E-state index in [9.17, 15) is 10.2 Å². The summed E-state index contributed by atoms with van der Waals surface area (Å²) in [6.45, 7) is 7.35. The average Bonchev–Trinajstić information content (AvgIpc) is 2.73. The number of halogens is 1. The number of hydrogen-bond donors (Lipinski definition) is 4. The summed E-state index contributed by atoms with van der Waals surface area (Å²) in [7, 11) is 0. The largest absolute Gasteiger partial charge is 0.393 e. The van der Waals surface area contributed by atoms with E-state index < -0.39 is 12.5 Å². The van der Waals surface area contributed by atoms with Crippen LogP contribution in [0, 0.1) is 0 Å². The number of aliphatic hydroxyl groups excluding tert-OH is 3. The minimum Gasteiger partial charge on any atom is -0.393 e. The number of hydrogen-bond acceptors (Lipinski definition) is 6. The molecule has 0 amide bonds. The summed E-state index contributed by atoms with van der Waals surface area (Å²) >= 11 is 6.34. The fourth-order valence-electron chi connectivity index (χ4n) is 3.41. The van der Waals surface area contributed by atoms with Gasteiger partial charge in [0, 0.05) is 30.5 Å². The Labute approximate surface area is 182 Å². The van der Waals surface area contributed by atoms with E-state index in [0.717, 1.165) is 11.3 Å². The van der Waals surface area contributed by atoms with Gasteiger partial charge in [0.05, 0.1) is 17.3 Å². The first-order valence-electron chi connectivity index (χ1n) is 10.1. The molecular formula is C23H30ClN3O3. The van der Waals surface area contributed by atoms with Gasteiger partial charge >= 0.3 is 0 Å². The van der Waals surface area contributed by atoms with Gasteiger partial charge in [-0.1, -0.05) is 50.6 Å². The van der Waals surface area contributed by atoms with Crippen LogP contribution in [0.15, 0.2) is 42.6 Å². The van der Waals surface area contributed by atoms with E-state index in [2.05, 4.69) is 43.2 Å². The molecular weight excluding hydrogens is 402 g/mol. The average molecular weight is 432 g/mol. The number of anilines is 1. The first-order valence-corrected chi connectivity index (χ1v) is 10.5. The van der Waals surface area contributed by atoms with Crippen LogP contribution in [-0.4, -0.2) is 51.3 Å². The summed E-state index contributed by atoms with van der Waals surface area (Å²) < 4.78 is 0. The van der Waals surface area contributed by atoms with Gasteiger partial charge in [0.15, 0.2) is 6.35 Å². The van der Waals surface area contributed by atoms with Crippen molar-refractivity contribution >= 4 is 22.9 Å². The van der Waals surface area contributed by atoms with E-state index in [1.165, 1.54) is 11.8 Å². The van der Waals surface area contributed by atoms with Crippen LogP contribution in [0.4, 0.5) is 5.69 Å². The summed E-state index contributed by atoms with van der Waals surface area (Å²) in [4.78, 5) is 6.30. The van der Waals surface area contributed by atoms with Crippen LogP contribution >= 0.6 is 11.6 Å². The van der Waals surface area contributed by atoms with Crippen molar-refractivity contribution in [2.75, 3.05) is 25.0 Å². The summed E-state index contributed by atoms with van der Waals surface area (Å²) in [6, 6.07) is 9.76. The molecule has 3 rings (SSSR count). The molecule has 1 aromatic carbocycles. The van der Waals surface area contributed by atoms with Crippen molar-refractivity contribution in [1.82, 2.24) is 9.88 Å². The monoisotopic (exact) mass is 431 g/mol. The molecule has 162 valence electrons. The molecule has 1 aliphatic rings. The second-order valence-electron chi connectivity index (χ2n) is 8.62. The maximum Gasteiger partial charge on any atom is 0.184 e. The molecule has 7 heteroatoms. The lowest BCUT2D eigenvalue weighted by molar-refractivity contribution is 0.0342. The Balaban J connectivity index is 1.62. The number of benzene rings is 1. The molecule has 2 unspecified atom stereocenters. The van der Waals surface area contributed by atoms with Gasteiger partial charge in [-0.15, -0.1) is 0 Å². The summed E-state index contributed by atoms with van der Waals surface area (Å²) in [5.41, 5.74) is 4.37. The lowest BCUT2D eigenvalue weighted by atomic mass is 9.87. The number of pyridine rings is 1. The van der Waals surface area contributed by atoms with E-state index in [1.54, 1.807) is 6.07 Å². The van der Waals surface area contributed by atoms with Crippen LogP contribution in [0.5, 0.6) is 0 Å². The van der Waals surface area contributed by atoms with Crippen LogP contribution in [0.2, 0.25) is 5.02 Å². The van der Waals surface area contributed by atoms with Gasteiger partial charge in [-0.2, -0.15) is 0 Å². The van der Waals surface area contributed by atoms with Gasteiger partial charge in [0.2, 0.25) is 0 Å². The molecule has 0 saturated heterocycles. The van der Waals surface area contributed by atoms with Gasteiger partial charge < -0.3 is 20.6 Å². The number of aliphatic hydroxyl groups is 3. The van der Waals surface area contributed by atoms with Crippen molar-refractivity contribution in [3.63, 3.8) is 0 Å². The highest BCUT2D eigenvalue weighted by Crippen LogP contribution is 2.29. The molecule has 0 aliphatic carbocycles. The van der Waals surface area contributed by atoms with Gasteiger partial charge in [0.1, 0.15) is 6.10 Å². The lowest BCUT2D eigenvalue weighted by Gasteiger charge is -2.31. The van der Waals surface area contributed by atoms with Crippen molar-refractivity contribution in [2.24, 2.45) is 0 Å². The molecule has 30 heavy (non-hydrogen) atoms. The molecule has 1 aromatic heterocycles. The third kappa shape index (κ3) is 5.39. The summed E-state index contributed by atoms with van der Waals surface area (Å²) in [5, 5.41) is 33.0. The van der Waals surface area contributed by atoms with E-state index in [4.69, 9.17) is 16.7 Å². The topological polar surface area (TPSA) is 88.9 Å². The van der Waals surface area contributed by atoms with Gasteiger partial charge in [-0.3, -0.25) is 9.88 Å². The molecule has 0 fully saturated rings. The zero-order valence-corrected chi connectivity index (χ0v) is 18.4. The van der Waals surface area contributed by atoms with Crippen LogP contribution in [0.25, 0.3) is 5.57 Å². The van der Waals surface area contributed by atoms with E-state index >= 15 is 0 Å². The van der Waals surface area contributed by atoms with Gasteiger partial charge in [-0.05, 0) is 41.2 Å².